The number of halogens is 1. The molecule has 2 aromatic rings. The minimum atomic E-state index is 0.601. The zero-order valence-electron chi connectivity index (χ0n) is 14.5. The van der Waals surface area contributed by atoms with E-state index in [1.54, 1.807) is 11.3 Å². The Morgan fingerprint density at radius 2 is 2.21 bits per heavy atom. The van der Waals surface area contributed by atoms with Gasteiger partial charge in [-0.2, -0.15) is 0 Å². The van der Waals surface area contributed by atoms with Crippen LogP contribution in [0.15, 0.2) is 18.2 Å². The number of hydrogen-bond donors (Lipinski definition) is 0. The Morgan fingerprint density at radius 3 is 3.00 bits per heavy atom. The van der Waals surface area contributed by atoms with Crippen LogP contribution in [0.4, 0.5) is 0 Å². The zero-order valence-corrected chi connectivity index (χ0v) is 16.1. The van der Waals surface area contributed by atoms with Gasteiger partial charge in [0.25, 0.3) is 5.19 Å². The van der Waals surface area contributed by atoms with Gasteiger partial charge in [-0.1, -0.05) is 36.8 Å². The molecule has 2 saturated heterocycles. The molecule has 3 nitrogen and oxygen atoms in total. The van der Waals surface area contributed by atoms with Crippen LogP contribution in [0.25, 0.3) is 10.2 Å². The van der Waals surface area contributed by atoms with Crippen molar-refractivity contribution in [3.63, 3.8) is 0 Å². The van der Waals surface area contributed by atoms with Crippen molar-refractivity contribution < 1.29 is 4.74 Å². The van der Waals surface area contributed by atoms with Crippen molar-refractivity contribution in [1.82, 2.24) is 9.88 Å². The molecule has 2 fully saturated rings. The van der Waals surface area contributed by atoms with Crippen LogP contribution in [0.5, 0.6) is 5.19 Å². The van der Waals surface area contributed by atoms with E-state index in [0.717, 1.165) is 39.0 Å². The van der Waals surface area contributed by atoms with E-state index in [2.05, 4.69) is 30.8 Å². The number of fused-ring (bicyclic) bond motifs is 3. The highest BCUT2D eigenvalue weighted by molar-refractivity contribution is 7.20. The third kappa shape index (κ3) is 2.93. The SMILES string of the molecule is CC(C)[C@@H]1CC2CCC([C@@H]1COc1nc3ccc(Cl)cc3s1)N2C. The number of nitrogens with zero attached hydrogens (tertiary/aromatic N) is 2. The van der Waals surface area contributed by atoms with Crippen LogP contribution in [-0.4, -0.2) is 35.6 Å². The second-order valence-corrected chi connectivity index (χ2v) is 9.10. The van der Waals surface area contributed by atoms with Crippen molar-refractivity contribution in [1.29, 1.82) is 0 Å². The molecule has 3 heterocycles. The summed E-state index contributed by atoms with van der Waals surface area (Å²) in [6, 6.07) is 7.27. The molecule has 1 aromatic carbocycles. The van der Waals surface area contributed by atoms with Gasteiger partial charge in [-0.25, -0.2) is 4.98 Å². The Hall–Kier alpha value is -0.840. The average molecular weight is 365 g/mol. The van der Waals surface area contributed by atoms with E-state index in [1.807, 2.05) is 18.2 Å². The molecule has 0 aliphatic carbocycles. The van der Waals surface area contributed by atoms with E-state index >= 15 is 0 Å². The van der Waals surface area contributed by atoms with E-state index in [1.165, 1.54) is 19.3 Å². The van der Waals surface area contributed by atoms with Gasteiger partial charge in [-0.15, -0.1) is 0 Å². The van der Waals surface area contributed by atoms with Crippen LogP contribution < -0.4 is 4.74 Å². The number of aromatic nitrogens is 1. The number of piperidine rings is 1. The highest BCUT2D eigenvalue weighted by Crippen LogP contribution is 2.44. The maximum absolute atomic E-state index is 6.19. The van der Waals surface area contributed by atoms with Crippen molar-refractivity contribution in [3.8, 4) is 5.19 Å². The molecule has 0 amide bonds. The molecule has 0 saturated carbocycles. The molecule has 24 heavy (non-hydrogen) atoms. The van der Waals surface area contributed by atoms with Crippen molar-refractivity contribution in [3.05, 3.63) is 23.2 Å². The standard InChI is InChI=1S/C19H25ClN2OS/c1-11(2)14-9-13-5-7-17(22(13)3)15(14)10-23-19-21-16-6-4-12(20)8-18(16)24-19/h4,6,8,11,13-15,17H,5,7,9-10H2,1-3H3/t13?,14-,15+,17?/m0/s1. The first-order valence-corrected chi connectivity index (χ1v) is 10.1. The van der Waals surface area contributed by atoms with Crippen molar-refractivity contribution in [2.75, 3.05) is 13.7 Å². The summed E-state index contributed by atoms with van der Waals surface area (Å²) in [6.45, 7) is 5.50. The largest absolute Gasteiger partial charge is 0.470 e. The number of ether oxygens (including phenoxy) is 1. The Labute approximate surface area is 153 Å². The molecular weight excluding hydrogens is 340 g/mol. The molecule has 4 atom stereocenters. The number of thiazole rings is 1. The Kier molecular flexibility index (Phi) is 4.48. The highest BCUT2D eigenvalue weighted by Gasteiger charge is 2.46. The fourth-order valence-electron chi connectivity index (χ4n) is 4.72. The van der Waals surface area contributed by atoms with Crippen LogP contribution in [-0.2, 0) is 0 Å². The lowest BCUT2D eigenvalue weighted by molar-refractivity contribution is 0.0182. The molecule has 0 N–H and O–H groups in total. The van der Waals surface area contributed by atoms with Gasteiger partial charge in [0.05, 0.1) is 16.8 Å². The summed E-state index contributed by atoms with van der Waals surface area (Å²) in [5.74, 6) is 2.07. The second kappa shape index (κ2) is 6.47. The molecule has 4 rings (SSSR count). The monoisotopic (exact) mass is 364 g/mol. The van der Waals surface area contributed by atoms with Crippen molar-refractivity contribution in [2.45, 2.75) is 45.2 Å². The Bertz CT molecular complexity index is 731. The molecule has 5 heteroatoms. The molecule has 2 unspecified atom stereocenters. The van der Waals surface area contributed by atoms with Crippen LogP contribution in [0, 0.1) is 17.8 Å². The van der Waals surface area contributed by atoms with E-state index < -0.39 is 0 Å². The molecule has 0 radical (unpaired) electrons. The third-order valence-electron chi connectivity index (χ3n) is 6.07. The van der Waals surface area contributed by atoms with Gasteiger partial charge in [-0.05, 0) is 56.3 Å². The zero-order chi connectivity index (χ0) is 16.8. The van der Waals surface area contributed by atoms with Crippen molar-refractivity contribution in [2.24, 2.45) is 17.8 Å². The maximum Gasteiger partial charge on any atom is 0.274 e. The smallest absolute Gasteiger partial charge is 0.274 e. The van der Waals surface area contributed by atoms with Gasteiger partial charge in [0.15, 0.2) is 0 Å². The number of benzene rings is 1. The predicted octanol–water partition coefficient (Wildman–Crippen LogP) is 5.08. The molecule has 0 spiro atoms. The van der Waals surface area contributed by atoms with E-state index in [0.29, 0.717) is 17.9 Å². The minimum Gasteiger partial charge on any atom is -0.470 e. The molecule has 1 aromatic heterocycles. The third-order valence-corrected chi connectivity index (χ3v) is 7.24. The van der Waals surface area contributed by atoms with Gasteiger partial charge in [0.2, 0.25) is 0 Å². The van der Waals surface area contributed by atoms with Crippen LogP contribution in [0.3, 0.4) is 0 Å². The molecule has 2 aliphatic heterocycles. The van der Waals surface area contributed by atoms with Crippen LogP contribution >= 0.6 is 22.9 Å². The molecular formula is C19H25ClN2OS. The van der Waals surface area contributed by atoms with E-state index in [9.17, 15) is 0 Å². The summed E-state index contributed by atoms with van der Waals surface area (Å²) in [4.78, 5) is 7.21. The summed E-state index contributed by atoms with van der Waals surface area (Å²) >= 11 is 7.67. The quantitative estimate of drug-likeness (QED) is 0.756. The topological polar surface area (TPSA) is 25.4 Å². The molecule has 2 aliphatic rings. The molecule has 130 valence electrons. The lowest BCUT2D eigenvalue weighted by Crippen LogP contribution is -2.49. The minimum absolute atomic E-state index is 0.601. The average Bonchev–Trinajstić information content (AvgIpc) is 3.03. The van der Waals surface area contributed by atoms with Gasteiger partial charge in [0, 0.05) is 23.0 Å². The Morgan fingerprint density at radius 1 is 1.38 bits per heavy atom. The Balaban J connectivity index is 1.51. The lowest BCUT2D eigenvalue weighted by atomic mass is 9.74. The second-order valence-electron chi connectivity index (χ2n) is 7.67. The highest BCUT2D eigenvalue weighted by atomic mass is 35.5. The van der Waals surface area contributed by atoms with Gasteiger partial charge in [-0.3, -0.25) is 0 Å². The summed E-state index contributed by atoms with van der Waals surface area (Å²) < 4.78 is 7.28. The van der Waals surface area contributed by atoms with E-state index in [4.69, 9.17) is 16.3 Å². The maximum atomic E-state index is 6.19. The summed E-state index contributed by atoms with van der Waals surface area (Å²) in [5, 5.41) is 1.53. The van der Waals surface area contributed by atoms with Crippen molar-refractivity contribution >= 4 is 33.2 Å². The van der Waals surface area contributed by atoms with Crippen LogP contribution in [0.2, 0.25) is 5.02 Å². The predicted molar refractivity (Wildman–Crippen MR) is 101 cm³/mol. The first-order chi connectivity index (χ1) is 11.5. The van der Waals surface area contributed by atoms with Crippen LogP contribution in [0.1, 0.15) is 33.1 Å². The summed E-state index contributed by atoms with van der Waals surface area (Å²) in [5.41, 5.74) is 0.974. The fraction of sp³-hybridized carbons (Fsp3) is 0.632. The van der Waals surface area contributed by atoms with Gasteiger partial charge in [0.1, 0.15) is 0 Å². The van der Waals surface area contributed by atoms with Gasteiger partial charge >= 0.3 is 0 Å². The first-order valence-electron chi connectivity index (χ1n) is 8.93. The van der Waals surface area contributed by atoms with E-state index in [-0.39, 0.29) is 0 Å². The molecule has 2 bridgehead atoms. The van der Waals surface area contributed by atoms with Gasteiger partial charge < -0.3 is 9.64 Å². The number of rotatable bonds is 4. The normalized spacial score (nSPS) is 30.4. The first kappa shape index (κ1) is 16.6. The summed E-state index contributed by atoms with van der Waals surface area (Å²) in [7, 11) is 2.30. The number of hydrogen-bond acceptors (Lipinski definition) is 4. The lowest BCUT2D eigenvalue weighted by Gasteiger charge is -2.44. The summed E-state index contributed by atoms with van der Waals surface area (Å²) in [6.07, 6.45) is 3.97. The fourth-order valence-corrected chi connectivity index (χ4v) is 5.82.